The number of hydrogen-bond donors (Lipinski definition) is 1. The molecule has 7 nitrogen and oxygen atoms in total. The smallest absolute Gasteiger partial charge is 0.257 e. The molecular formula is C27H37N3O4S. The lowest BCUT2D eigenvalue weighted by atomic mass is 9.78. The molecule has 0 bridgehead atoms. The summed E-state index contributed by atoms with van der Waals surface area (Å²) in [4.78, 5) is 26.9. The zero-order chi connectivity index (χ0) is 25.2. The molecule has 35 heavy (non-hydrogen) atoms. The number of sulfonamides is 1. The topological polar surface area (TPSA) is 88.5 Å². The first-order valence-corrected chi connectivity index (χ1v) is 14.3. The Morgan fingerprint density at radius 1 is 1.11 bits per heavy atom. The highest BCUT2D eigenvalue weighted by molar-refractivity contribution is 7.89. The van der Waals surface area contributed by atoms with Gasteiger partial charge in [-0.15, -0.1) is 6.58 Å². The Morgan fingerprint density at radius 2 is 1.83 bits per heavy atom. The molecule has 1 aromatic carbocycles. The van der Waals surface area contributed by atoms with Crippen molar-refractivity contribution in [2.75, 3.05) is 13.1 Å². The lowest BCUT2D eigenvalue weighted by Gasteiger charge is -2.34. The van der Waals surface area contributed by atoms with Crippen LogP contribution in [-0.4, -0.2) is 42.3 Å². The molecule has 2 heterocycles. The Kier molecular flexibility index (Phi) is 7.81. The van der Waals surface area contributed by atoms with E-state index in [1.54, 1.807) is 29.0 Å². The number of nitrogens with one attached hydrogen (secondary N) is 1. The molecule has 2 aromatic rings. The van der Waals surface area contributed by atoms with Crippen molar-refractivity contribution >= 4 is 26.8 Å². The van der Waals surface area contributed by atoms with Gasteiger partial charge >= 0.3 is 0 Å². The Balaban J connectivity index is 1.75. The highest BCUT2D eigenvalue weighted by atomic mass is 32.2. The summed E-state index contributed by atoms with van der Waals surface area (Å²) in [6.45, 7) is 9.51. The number of rotatable bonds is 6. The summed E-state index contributed by atoms with van der Waals surface area (Å²) < 4.78 is 30.1. The van der Waals surface area contributed by atoms with E-state index in [4.69, 9.17) is 0 Å². The van der Waals surface area contributed by atoms with E-state index in [-0.39, 0.29) is 21.9 Å². The van der Waals surface area contributed by atoms with Crippen LogP contribution in [0.1, 0.15) is 69.2 Å². The van der Waals surface area contributed by atoms with Crippen molar-refractivity contribution < 1.29 is 13.2 Å². The SMILES string of the molecule is C=CCn1cc(C(=O)N[C@@H]2CCC[C@@H](C)[C@@H]2C)c(=O)c2cc(S(=O)(=O)N3CCCCCC3)ccc21. The minimum Gasteiger partial charge on any atom is -0.349 e. The van der Waals surface area contributed by atoms with E-state index >= 15 is 0 Å². The summed E-state index contributed by atoms with van der Waals surface area (Å²) >= 11 is 0. The van der Waals surface area contributed by atoms with E-state index < -0.39 is 21.4 Å². The average molecular weight is 500 g/mol. The Bertz CT molecular complexity index is 1260. The molecule has 2 aliphatic rings. The number of pyridine rings is 1. The van der Waals surface area contributed by atoms with E-state index in [0.29, 0.717) is 37.0 Å². The van der Waals surface area contributed by atoms with Gasteiger partial charge in [-0.3, -0.25) is 9.59 Å². The predicted octanol–water partition coefficient (Wildman–Crippen LogP) is 4.31. The Morgan fingerprint density at radius 3 is 2.51 bits per heavy atom. The van der Waals surface area contributed by atoms with Gasteiger partial charge in [0.2, 0.25) is 15.5 Å². The molecular weight excluding hydrogens is 462 g/mol. The maximum absolute atomic E-state index is 13.5. The third-order valence-corrected chi connectivity index (χ3v) is 9.74. The van der Waals surface area contributed by atoms with Crippen LogP contribution in [0.2, 0.25) is 0 Å². The molecule has 3 atom stereocenters. The minimum atomic E-state index is -3.72. The van der Waals surface area contributed by atoms with Crippen molar-refractivity contribution in [3.05, 3.63) is 52.8 Å². The summed E-state index contributed by atoms with van der Waals surface area (Å²) in [7, 11) is -3.72. The van der Waals surface area contributed by atoms with Gasteiger partial charge in [-0.05, 0) is 49.3 Å². The van der Waals surface area contributed by atoms with Gasteiger partial charge in [0.15, 0.2) is 0 Å². The van der Waals surface area contributed by atoms with Gasteiger partial charge in [0.1, 0.15) is 5.56 Å². The van der Waals surface area contributed by atoms with Crippen LogP contribution in [0, 0.1) is 11.8 Å². The highest BCUT2D eigenvalue weighted by Crippen LogP contribution is 2.30. The number of aromatic nitrogens is 1. The van der Waals surface area contributed by atoms with Gasteiger partial charge in [-0.2, -0.15) is 4.31 Å². The third kappa shape index (κ3) is 5.23. The monoisotopic (exact) mass is 499 g/mol. The number of carbonyl (C=O) groups is 1. The maximum atomic E-state index is 13.5. The van der Waals surface area contributed by atoms with Crippen LogP contribution in [0.4, 0.5) is 0 Å². The van der Waals surface area contributed by atoms with Crippen LogP contribution in [0.3, 0.4) is 0 Å². The first-order chi connectivity index (χ1) is 16.7. The van der Waals surface area contributed by atoms with Crippen LogP contribution >= 0.6 is 0 Å². The van der Waals surface area contributed by atoms with Crippen molar-refractivity contribution in [1.29, 1.82) is 0 Å². The molecule has 190 valence electrons. The molecule has 0 radical (unpaired) electrons. The van der Waals surface area contributed by atoms with Crippen molar-refractivity contribution in [3.8, 4) is 0 Å². The molecule has 2 fully saturated rings. The molecule has 1 saturated heterocycles. The number of allylic oxidation sites excluding steroid dienone is 1. The number of benzene rings is 1. The summed E-state index contributed by atoms with van der Waals surface area (Å²) in [6.07, 6.45) is 10.1. The lowest BCUT2D eigenvalue weighted by Crippen LogP contribution is -2.45. The fourth-order valence-electron chi connectivity index (χ4n) is 5.45. The molecule has 1 aromatic heterocycles. The van der Waals surface area contributed by atoms with Crippen LogP contribution in [-0.2, 0) is 16.6 Å². The van der Waals surface area contributed by atoms with Gasteiger partial charge in [-0.1, -0.05) is 45.6 Å². The second-order valence-corrected chi connectivity index (χ2v) is 12.1. The Hall–Kier alpha value is -2.45. The first-order valence-electron chi connectivity index (χ1n) is 12.8. The van der Waals surface area contributed by atoms with Gasteiger partial charge in [0, 0.05) is 37.3 Å². The maximum Gasteiger partial charge on any atom is 0.257 e. The van der Waals surface area contributed by atoms with Crippen LogP contribution in [0.15, 0.2) is 46.7 Å². The van der Waals surface area contributed by atoms with E-state index in [0.717, 1.165) is 44.9 Å². The molecule has 0 spiro atoms. The fraction of sp³-hybridized carbons (Fsp3) is 0.556. The van der Waals surface area contributed by atoms with E-state index in [2.05, 4.69) is 25.7 Å². The molecule has 1 N–H and O–H groups in total. The largest absolute Gasteiger partial charge is 0.349 e. The normalized spacial score (nSPS) is 24.1. The van der Waals surface area contributed by atoms with Crippen molar-refractivity contribution in [2.45, 2.75) is 76.3 Å². The van der Waals surface area contributed by atoms with Crippen molar-refractivity contribution in [2.24, 2.45) is 11.8 Å². The summed E-state index contributed by atoms with van der Waals surface area (Å²) in [5.41, 5.74) is 0.178. The molecule has 1 saturated carbocycles. The van der Waals surface area contributed by atoms with Crippen LogP contribution in [0.5, 0.6) is 0 Å². The van der Waals surface area contributed by atoms with Crippen molar-refractivity contribution in [3.63, 3.8) is 0 Å². The number of nitrogens with zero attached hydrogens (tertiary/aromatic N) is 2. The lowest BCUT2D eigenvalue weighted by molar-refractivity contribution is 0.0889. The zero-order valence-electron chi connectivity index (χ0n) is 20.8. The molecule has 1 amide bonds. The molecule has 1 aliphatic heterocycles. The third-order valence-electron chi connectivity index (χ3n) is 7.85. The molecule has 4 rings (SSSR count). The average Bonchev–Trinajstić information content (AvgIpc) is 3.14. The predicted molar refractivity (Wildman–Crippen MR) is 139 cm³/mol. The second-order valence-electron chi connectivity index (χ2n) is 10.2. The number of carbonyl (C=O) groups excluding carboxylic acids is 1. The van der Waals surface area contributed by atoms with Crippen LogP contribution < -0.4 is 10.7 Å². The molecule has 0 unspecified atom stereocenters. The van der Waals surface area contributed by atoms with Gasteiger partial charge in [-0.25, -0.2) is 8.42 Å². The first kappa shape index (κ1) is 25.6. The number of amides is 1. The zero-order valence-corrected chi connectivity index (χ0v) is 21.6. The number of fused-ring (bicyclic) bond motifs is 1. The quantitative estimate of drug-likeness (QED) is 0.600. The minimum absolute atomic E-state index is 0.0175. The van der Waals surface area contributed by atoms with Gasteiger partial charge < -0.3 is 9.88 Å². The fourth-order valence-corrected chi connectivity index (χ4v) is 7.00. The highest BCUT2D eigenvalue weighted by Gasteiger charge is 2.30. The van der Waals surface area contributed by atoms with Crippen LogP contribution in [0.25, 0.3) is 10.9 Å². The van der Waals surface area contributed by atoms with E-state index in [9.17, 15) is 18.0 Å². The Labute approximate surface area is 208 Å². The second kappa shape index (κ2) is 10.7. The molecule has 8 heteroatoms. The van der Waals surface area contributed by atoms with E-state index in [1.807, 2.05) is 0 Å². The summed E-state index contributed by atoms with van der Waals surface area (Å²) in [5.74, 6) is 0.435. The van der Waals surface area contributed by atoms with E-state index in [1.165, 1.54) is 10.4 Å². The summed E-state index contributed by atoms with van der Waals surface area (Å²) in [5, 5.41) is 3.33. The van der Waals surface area contributed by atoms with Gasteiger partial charge in [0.05, 0.1) is 10.4 Å². The standard InChI is InChI=1S/C27H37N3O4S/c1-4-14-29-18-23(27(32)28-24-11-9-10-19(2)20(24)3)26(31)22-17-21(12-13-25(22)29)35(33,34)30-15-7-5-6-8-16-30/h4,12-13,17-20,24H,1,5-11,14-16H2,2-3H3,(H,28,32)/t19-,20+,24-/m1/s1. The summed E-state index contributed by atoms with van der Waals surface area (Å²) in [6, 6.07) is 4.69. The molecule has 1 aliphatic carbocycles. The number of hydrogen-bond acceptors (Lipinski definition) is 4. The van der Waals surface area contributed by atoms with Gasteiger partial charge in [0.25, 0.3) is 5.91 Å². The van der Waals surface area contributed by atoms with Crippen molar-refractivity contribution in [1.82, 2.24) is 14.2 Å².